The van der Waals surface area contributed by atoms with Gasteiger partial charge in [0.1, 0.15) is 5.82 Å². The Kier molecular flexibility index (Phi) is 6.17. The van der Waals surface area contributed by atoms with E-state index in [1.54, 1.807) is 18.6 Å². The molecular formula is C22H29N5O. The molecule has 2 aliphatic rings. The number of carbonyl (C=O) groups excluding carboxylic acids is 1. The van der Waals surface area contributed by atoms with Crippen LogP contribution in [0, 0.1) is 0 Å². The van der Waals surface area contributed by atoms with E-state index in [4.69, 9.17) is 0 Å². The lowest BCUT2D eigenvalue weighted by Gasteiger charge is -2.40. The van der Waals surface area contributed by atoms with Crippen molar-refractivity contribution in [1.29, 1.82) is 0 Å². The number of pyridine rings is 2. The third-order valence-electron chi connectivity index (χ3n) is 5.91. The molecule has 6 heteroatoms. The van der Waals surface area contributed by atoms with E-state index in [-0.39, 0.29) is 5.91 Å². The number of carbonyl (C=O) groups is 1. The van der Waals surface area contributed by atoms with Gasteiger partial charge in [0.05, 0.1) is 5.56 Å². The lowest BCUT2D eigenvalue weighted by molar-refractivity contribution is 0.0590. The first-order valence-corrected chi connectivity index (χ1v) is 10.4. The quantitative estimate of drug-likeness (QED) is 0.865. The van der Waals surface area contributed by atoms with E-state index in [1.165, 1.54) is 32.4 Å². The smallest absolute Gasteiger partial charge is 0.257 e. The fourth-order valence-electron chi connectivity index (χ4n) is 4.29. The van der Waals surface area contributed by atoms with Crippen LogP contribution in [-0.2, 0) is 6.54 Å². The van der Waals surface area contributed by atoms with Crippen molar-refractivity contribution in [1.82, 2.24) is 19.8 Å². The summed E-state index contributed by atoms with van der Waals surface area (Å²) in [6, 6.07) is 8.28. The summed E-state index contributed by atoms with van der Waals surface area (Å²) in [6.45, 7) is 4.74. The SMILES string of the molecule is O=C(c1cccnc1NCc1ccncc1)N1CCC(N2CCCCC2)CC1. The highest BCUT2D eigenvalue weighted by Crippen LogP contribution is 2.23. The van der Waals surface area contributed by atoms with Crippen molar-refractivity contribution in [3.63, 3.8) is 0 Å². The molecule has 148 valence electrons. The van der Waals surface area contributed by atoms with E-state index in [1.807, 2.05) is 29.2 Å². The minimum Gasteiger partial charge on any atom is -0.365 e. The number of rotatable bonds is 5. The molecule has 1 amide bonds. The van der Waals surface area contributed by atoms with Gasteiger partial charge in [0.2, 0.25) is 0 Å². The van der Waals surface area contributed by atoms with Crippen molar-refractivity contribution in [3.8, 4) is 0 Å². The molecule has 1 N–H and O–H groups in total. The van der Waals surface area contributed by atoms with Crippen LogP contribution in [0.3, 0.4) is 0 Å². The normalized spacial score (nSPS) is 18.8. The van der Waals surface area contributed by atoms with Gasteiger partial charge in [-0.15, -0.1) is 0 Å². The molecule has 0 saturated carbocycles. The highest BCUT2D eigenvalue weighted by atomic mass is 16.2. The maximum atomic E-state index is 13.1. The Hall–Kier alpha value is -2.47. The number of nitrogens with zero attached hydrogens (tertiary/aromatic N) is 4. The number of likely N-dealkylation sites (tertiary alicyclic amines) is 2. The lowest BCUT2D eigenvalue weighted by atomic mass is 9.99. The average molecular weight is 380 g/mol. The molecule has 0 aliphatic carbocycles. The zero-order valence-corrected chi connectivity index (χ0v) is 16.4. The summed E-state index contributed by atoms with van der Waals surface area (Å²) in [5.41, 5.74) is 1.77. The van der Waals surface area contributed by atoms with Crippen LogP contribution in [0.15, 0.2) is 42.9 Å². The van der Waals surface area contributed by atoms with Crippen LogP contribution >= 0.6 is 0 Å². The summed E-state index contributed by atoms with van der Waals surface area (Å²) in [5, 5.41) is 3.32. The number of hydrogen-bond donors (Lipinski definition) is 1. The van der Waals surface area contributed by atoms with Gasteiger partial charge in [0.25, 0.3) is 5.91 Å². The summed E-state index contributed by atoms with van der Waals surface area (Å²) >= 11 is 0. The summed E-state index contributed by atoms with van der Waals surface area (Å²) in [6.07, 6.45) is 11.4. The van der Waals surface area contributed by atoms with Gasteiger partial charge in [-0.1, -0.05) is 6.42 Å². The molecule has 2 fully saturated rings. The number of hydrogen-bond acceptors (Lipinski definition) is 5. The van der Waals surface area contributed by atoms with Gasteiger partial charge in [-0.05, 0) is 68.6 Å². The third-order valence-corrected chi connectivity index (χ3v) is 5.91. The largest absolute Gasteiger partial charge is 0.365 e. The number of amides is 1. The molecule has 0 bridgehead atoms. The van der Waals surface area contributed by atoms with E-state index < -0.39 is 0 Å². The van der Waals surface area contributed by atoms with Crippen LogP contribution < -0.4 is 5.32 Å². The van der Waals surface area contributed by atoms with Gasteiger partial charge in [-0.3, -0.25) is 9.78 Å². The van der Waals surface area contributed by atoms with Gasteiger partial charge in [0.15, 0.2) is 0 Å². The molecule has 0 spiro atoms. The minimum atomic E-state index is 0.0856. The fourth-order valence-corrected chi connectivity index (χ4v) is 4.29. The molecule has 2 saturated heterocycles. The molecule has 2 aromatic heterocycles. The summed E-state index contributed by atoms with van der Waals surface area (Å²) in [4.78, 5) is 26.2. The number of piperidine rings is 2. The van der Waals surface area contributed by atoms with Crippen LogP contribution in [0.25, 0.3) is 0 Å². The minimum absolute atomic E-state index is 0.0856. The molecule has 4 rings (SSSR count). The maximum Gasteiger partial charge on any atom is 0.257 e. The first kappa shape index (κ1) is 18.9. The molecule has 28 heavy (non-hydrogen) atoms. The average Bonchev–Trinajstić information content (AvgIpc) is 2.79. The zero-order chi connectivity index (χ0) is 19.2. The second-order valence-electron chi connectivity index (χ2n) is 7.73. The predicted molar refractivity (Wildman–Crippen MR) is 110 cm³/mol. The van der Waals surface area contributed by atoms with Crippen molar-refractivity contribution in [3.05, 3.63) is 54.0 Å². The Morgan fingerprint density at radius 1 is 1.00 bits per heavy atom. The number of aromatic nitrogens is 2. The van der Waals surface area contributed by atoms with Crippen LogP contribution in [0.5, 0.6) is 0 Å². The first-order valence-electron chi connectivity index (χ1n) is 10.4. The van der Waals surface area contributed by atoms with Gasteiger partial charge in [-0.2, -0.15) is 0 Å². The van der Waals surface area contributed by atoms with Gasteiger partial charge in [-0.25, -0.2) is 4.98 Å². The number of anilines is 1. The Morgan fingerprint density at radius 2 is 1.75 bits per heavy atom. The molecule has 0 unspecified atom stereocenters. The van der Waals surface area contributed by atoms with Crippen molar-refractivity contribution in [2.75, 3.05) is 31.5 Å². The molecular weight excluding hydrogens is 350 g/mol. The Bertz CT molecular complexity index is 768. The standard InChI is InChI=1S/C22H29N5O/c28-22(27-15-8-19(9-16-27)26-13-2-1-3-14-26)20-5-4-10-24-21(20)25-17-18-6-11-23-12-7-18/h4-7,10-12,19H,1-3,8-9,13-17H2,(H,24,25). The predicted octanol–water partition coefficient (Wildman–Crippen LogP) is 3.18. The van der Waals surface area contributed by atoms with Crippen molar-refractivity contribution in [2.24, 2.45) is 0 Å². The lowest BCUT2D eigenvalue weighted by Crippen LogP contribution is -2.48. The Morgan fingerprint density at radius 3 is 2.50 bits per heavy atom. The highest BCUT2D eigenvalue weighted by molar-refractivity contribution is 5.98. The molecule has 2 aliphatic heterocycles. The Balaban J connectivity index is 1.37. The number of nitrogens with one attached hydrogen (secondary N) is 1. The fraction of sp³-hybridized carbons (Fsp3) is 0.500. The van der Waals surface area contributed by atoms with Crippen LogP contribution in [0.4, 0.5) is 5.82 Å². The second-order valence-corrected chi connectivity index (χ2v) is 7.73. The third kappa shape index (κ3) is 4.50. The van der Waals surface area contributed by atoms with E-state index in [0.717, 1.165) is 31.5 Å². The summed E-state index contributed by atoms with van der Waals surface area (Å²) in [5.74, 6) is 0.741. The second kappa shape index (κ2) is 9.15. The van der Waals surface area contributed by atoms with Crippen molar-refractivity contribution >= 4 is 11.7 Å². The van der Waals surface area contributed by atoms with E-state index in [0.29, 0.717) is 24.0 Å². The van der Waals surface area contributed by atoms with Crippen LogP contribution in [-0.4, -0.2) is 57.9 Å². The molecule has 4 heterocycles. The van der Waals surface area contributed by atoms with E-state index in [9.17, 15) is 4.79 Å². The topological polar surface area (TPSA) is 61.4 Å². The monoisotopic (exact) mass is 379 g/mol. The summed E-state index contributed by atoms with van der Waals surface area (Å²) in [7, 11) is 0. The van der Waals surface area contributed by atoms with Crippen LogP contribution in [0.2, 0.25) is 0 Å². The molecule has 2 aromatic rings. The van der Waals surface area contributed by atoms with Crippen LogP contribution in [0.1, 0.15) is 48.0 Å². The molecule has 0 atom stereocenters. The zero-order valence-electron chi connectivity index (χ0n) is 16.4. The van der Waals surface area contributed by atoms with Gasteiger partial charge < -0.3 is 15.1 Å². The highest BCUT2D eigenvalue weighted by Gasteiger charge is 2.29. The van der Waals surface area contributed by atoms with Gasteiger partial charge in [0, 0.05) is 44.3 Å². The van der Waals surface area contributed by atoms with E-state index in [2.05, 4.69) is 20.2 Å². The molecule has 0 aromatic carbocycles. The van der Waals surface area contributed by atoms with Crippen molar-refractivity contribution < 1.29 is 4.79 Å². The van der Waals surface area contributed by atoms with Crippen molar-refractivity contribution in [2.45, 2.75) is 44.7 Å². The first-order chi connectivity index (χ1) is 13.8. The molecule has 6 nitrogen and oxygen atoms in total. The maximum absolute atomic E-state index is 13.1. The van der Waals surface area contributed by atoms with Gasteiger partial charge >= 0.3 is 0 Å². The summed E-state index contributed by atoms with van der Waals surface area (Å²) < 4.78 is 0. The molecule has 0 radical (unpaired) electrons. The van der Waals surface area contributed by atoms with E-state index >= 15 is 0 Å². The Labute approximate surface area is 167 Å².